The van der Waals surface area contributed by atoms with Crippen LogP contribution in [-0.2, 0) is 32.8 Å². The van der Waals surface area contributed by atoms with Crippen LogP contribution in [-0.4, -0.2) is 56.5 Å². The molecule has 12 nitrogen and oxygen atoms in total. The molecule has 0 bridgehead atoms. The summed E-state index contributed by atoms with van der Waals surface area (Å²) in [6.45, 7) is 6.67. The maximum Gasteiger partial charge on any atom is 0.407 e. The molecule has 0 radical (unpaired) electrons. The molecule has 0 aliphatic rings. The highest BCUT2D eigenvalue weighted by Crippen LogP contribution is 2.41. The first kappa shape index (κ1) is 45.2. The first-order valence-electron chi connectivity index (χ1n) is 17.3. The van der Waals surface area contributed by atoms with Gasteiger partial charge in [0.15, 0.2) is 0 Å². The van der Waals surface area contributed by atoms with Crippen LogP contribution in [0, 0.1) is 28.1 Å². The molecule has 0 saturated heterocycles. The number of carboxylic acid groups (broad SMARTS) is 1. The van der Waals surface area contributed by atoms with Crippen molar-refractivity contribution in [2.75, 3.05) is 13.6 Å². The maximum atomic E-state index is 13.5. The summed E-state index contributed by atoms with van der Waals surface area (Å²) in [5, 5.41) is 31.5. The molecule has 4 heterocycles. The van der Waals surface area contributed by atoms with Crippen molar-refractivity contribution in [3.05, 3.63) is 131 Å². The van der Waals surface area contributed by atoms with Gasteiger partial charge in [-0.25, -0.2) is 31.6 Å². The fourth-order valence-corrected chi connectivity index (χ4v) is 12.0. The van der Waals surface area contributed by atoms with Crippen molar-refractivity contribution in [3.8, 4) is 34.4 Å². The molecule has 0 spiro atoms. The van der Waals surface area contributed by atoms with Crippen LogP contribution >= 0.6 is 35.1 Å². The minimum absolute atomic E-state index is 0. The van der Waals surface area contributed by atoms with Crippen molar-refractivity contribution in [3.63, 3.8) is 0 Å². The lowest BCUT2D eigenvalue weighted by molar-refractivity contribution is 0.123. The zero-order valence-electron chi connectivity index (χ0n) is 31.8. The van der Waals surface area contributed by atoms with Crippen LogP contribution in [0.3, 0.4) is 0 Å². The van der Waals surface area contributed by atoms with Gasteiger partial charge in [-0.05, 0) is 73.1 Å². The first-order chi connectivity index (χ1) is 27.1. The van der Waals surface area contributed by atoms with Crippen LogP contribution in [0.15, 0.2) is 128 Å². The Balaban J connectivity index is 0.000000259. The molecule has 4 aromatic heterocycles. The van der Waals surface area contributed by atoms with Crippen LogP contribution in [0.1, 0.15) is 41.9 Å². The highest BCUT2D eigenvalue weighted by atomic mass is 35.5. The van der Waals surface area contributed by atoms with Gasteiger partial charge in [-0.15, -0.1) is 35.1 Å². The van der Waals surface area contributed by atoms with Crippen LogP contribution in [0.4, 0.5) is 4.79 Å². The Morgan fingerprint density at radius 3 is 1.55 bits per heavy atom. The molecular weight excluding hydrogens is 836 g/mol. The summed E-state index contributed by atoms with van der Waals surface area (Å²) in [5.41, 5.74) is 1.83. The molecule has 2 N–H and O–H groups in total. The normalized spacial score (nSPS) is 11.3. The second kappa shape index (κ2) is 19.3. The van der Waals surface area contributed by atoms with Gasteiger partial charge in [0.2, 0.25) is 19.7 Å². The lowest BCUT2D eigenvalue weighted by Crippen LogP contribution is -2.36. The zero-order chi connectivity index (χ0) is 41.4. The average Bonchev–Trinajstić information content (AvgIpc) is 3.84. The number of aromatic nitrogens is 2. The summed E-state index contributed by atoms with van der Waals surface area (Å²) in [6, 6.07) is 30.5. The molecule has 6 aromatic rings. The largest absolute Gasteiger partial charge is 0.465 e. The molecule has 1 amide bonds. The number of carbonyl (C=O) groups is 1. The van der Waals surface area contributed by atoms with Gasteiger partial charge in [-0.2, -0.15) is 10.5 Å². The molecule has 0 unspecified atom stereocenters. The number of nitrogens with zero attached hydrogens (tertiary/aromatic N) is 5. The molecule has 0 atom stereocenters. The smallest absolute Gasteiger partial charge is 0.407 e. The van der Waals surface area contributed by atoms with E-state index in [4.69, 9.17) is 0 Å². The van der Waals surface area contributed by atoms with E-state index in [9.17, 15) is 37.3 Å². The number of benzene rings is 2. The molecule has 0 saturated carbocycles. The Morgan fingerprint density at radius 2 is 1.16 bits per heavy atom. The summed E-state index contributed by atoms with van der Waals surface area (Å²) in [6.07, 6.45) is 1.91. The molecule has 300 valence electrons. The maximum absolute atomic E-state index is 13.5. The number of amides is 1. The van der Waals surface area contributed by atoms with Gasteiger partial charge in [0.25, 0.3) is 0 Å². The molecular formula is C41H39ClN6O6S4. The van der Waals surface area contributed by atoms with E-state index in [1.165, 1.54) is 40.8 Å². The Hall–Kier alpha value is -5.46. The van der Waals surface area contributed by atoms with Crippen molar-refractivity contribution >= 4 is 60.8 Å². The second-order valence-electron chi connectivity index (χ2n) is 13.7. The van der Waals surface area contributed by atoms with E-state index >= 15 is 0 Å². The standard InChI is InChI=1S/C23H23N3O4S2.C18H15N3O2S2.ClH/c1-23(2,3)15-26(22(27)28)14-16-12-19(18-10-7-11-25-20(18)13-24)21(31-16)32(29,30)17-8-5-4-6-9-17;1-20-12-13-10-16(15-8-5-9-21-17(15)11-19)18(24-13)25(22,23)14-6-3-2-4-7-14;/h4-12H,14-15H2,1-3H3,(H,27,28);2-10,20H,12H2,1H3;1H. The number of nitriles is 2. The van der Waals surface area contributed by atoms with E-state index in [1.807, 2.05) is 39.0 Å². The predicted octanol–water partition coefficient (Wildman–Crippen LogP) is 8.70. The van der Waals surface area contributed by atoms with Gasteiger partial charge < -0.3 is 15.3 Å². The lowest BCUT2D eigenvalue weighted by atomic mass is 9.96. The number of hydrogen-bond donors (Lipinski definition) is 2. The third-order valence-corrected chi connectivity index (χ3v) is 15.0. The van der Waals surface area contributed by atoms with Crippen LogP contribution in [0.5, 0.6) is 0 Å². The first-order valence-corrected chi connectivity index (χ1v) is 21.9. The highest BCUT2D eigenvalue weighted by Gasteiger charge is 2.29. The second-order valence-corrected chi connectivity index (χ2v) is 20.3. The predicted molar refractivity (Wildman–Crippen MR) is 226 cm³/mol. The highest BCUT2D eigenvalue weighted by molar-refractivity contribution is 7.94. The minimum Gasteiger partial charge on any atom is -0.465 e. The van der Waals surface area contributed by atoms with Crippen molar-refractivity contribution in [1.82, 2.24) is 20.2 Å². The van der Waals surface area contributed by atoms with Crippen molar-refractivity contribution < 1.29 is 26.7 Å². The molecule has 17 heteroatoms. The number of thiophene rings is 2. The van der Waals surface area contributed by atoms with Gasteiger partial charge in [-0.3, -0.25) is 0 Å². The third kappa shape index (κ3) is 10.5. The van der Waals surface area contributed by atoms with Gasteiger partial charge in [0.05, 0.1) is 16.3 Å². The Labute approximate surface area is 352 Å². The minimum atomic E-state index is -3.90. The summed E-state index contributed by atoms with van der Waals surface area (Å²) in [7, 11) is -5.78. The number of nitrogens with one attached hydrogen (secondary N) is 1. The van der Waals surface area contributed by atoms with E-state index in [2.05, 4.69) is 15.3 Å². The van der Waals surface area contributed by atoms with E-state index in [0.717, 1.165) is 16.2 Å². The van der Waals surface area contributed by atoms with Gasteiger partial charge >= 0.3 is 6.09 Å². The zero-order valence-corrected chi connectivity index (χ0v) is 35.9. The monoisotopic (exact) mass is 874 g/mol. The molecule has 6 rings (SSSR count). The number of pyridine rings is 2. The summed E-state index contributed by atoms with van der Waals surface area (Å²) < 4.78 is 53.5. The molecule has 0 aliphatic carbocycles. The van der Waals surface area contributed by atoms with Crippen molar-refractivity contribution in [1.29, 1.82) is 10.5 Å². The average molecular weight is 876 g/mol. The number of hydrogen-bond acceptors (Lipinski definition) is 12. The van der Waals surface area contributed by atoms with E-state index in [-0.39, 0.29) is 60.5 Å². The summed E-state index contributed by atoms with van der Waals surface area (Å²) in [4.78, 5) is 23.0. The van der Waals surface area contributed by atoms with E-state index in [0.29, 0.717) is 33.7 Å². The van der Waals surface area contributed by atoms with Crippen LogP contribution < -0.4 is 5.32 Å². The number of sulfone groups is 2. The number of halogens is 1. The molecule has 2 aromatic carbocycles. The van der Waals surface area contributed by atoms with Gasteiger partial charge in [0, 0.05) is 57.5 Å². The fourth-order valence-electron chi connectivity index (χ4n) is 5.75. The van der Waals surface area contributed by atoms with E-state index in [1.54, 1.807) is 85.9 Å². The van der Waals surface area contributed by atoms with Crippen molar-refractivity contribution in [2.24, 2.45) is 5.41 Å². The quantitative estimate of drug-likeness (QED) is 0.126. The van der Waals surface area contributed by atoms with Crippen LogP contribution in [0.2, 0.25) is 0 Å². The summed E-state index contributed by atoms with van der Waals surface area (Å²) in [5.74, 6) is 0. The molecule has 0 fully saturated rings. The topological polar surface area (TPSA) is 194 Å². The number of rotatable bonds is 11. The molecule has 0 aliphatic heterocycles. The Kier molecular flexibility index (Phi) is 15.1. The molecule has 58 heavy (non-hydrogen) atoms. The lowest BCUT2D eigenvalue weighted by Gasteiger charge is -2.27. The third-order valence-electron chi connectivity index (χ3n) is 8.13. The van der Waals surface area contributed by atoms with Crippen LogP contribution in [0.25, 0.3) is 22.3 Å². The Morgan fingerprint density at radius 1 is 0.724 bits per heavy atom. The van der Waals surface area contributed by atoms with Crippen molar-refractivity contribution in [2.45, 2.75) is 52.1 Å². The van der Waals surface area contributed by atoms with E-state index < -0.39 is 25.8 Å². The summed E-state index contributed by atoms with van der Waals surface area (Å²) >= 11 is 2.23. The van der Waals surface area contributed by atoms with Gasteiger partial charge in [-0.1, -0.05) is 57.2 Å². The fraction of sp³-hybridized carbons (Fsp3) is 0.195. The SMILES string of the molecule is CC(C)(C)CN(Cc1cc(-c2cccnc2C#N)c(S(=O)(=O)c2ccccc2)s1)C(=O)O.CNCc1cc(-c2cccnc2C#N)c(S(=O)(=O)c2ccccc2)s1.Cl. The van der Waals surface area contributed by atoms with Gasteiger partial charge in [0.1, 0.15) is 31.9 Å². The Bertz CT molecular complexity index is 2680.